The first-order valence-corrected chi connectivity index (χ1v) is 12.1. The second kappa shape index (κ2) is 11.3. The molecule has 0 unspecified atom stereocenters. The van der Waals surface area contributed by atoms with Gasteiger partial charge in [-0.25, -0.2) is 4.39 Å². The molecule has 1 aliphatic heterocycles. The molecule has 3 aromatic rings. The van der Waals surface area contributed by atoms with E-state index in [4.69, 9.17) is 4.74 Å². The SMILES string of the molecule is COc1cccc(CNC(=O)CSc2nnc(CN3CCCCC3)n2-c2ccc(F)cc2)c1. The minimum Gasteiger partial charge on any atom is -0.497 e. The average Bonchev–Trinajstić information content (AvgIpc) is 3.25. The van der Waals surface area contributed by atoms with Crippen LogP contribution in [0.4, 0.5) is 4.39 Å². The number of carbonyl (C=O) groups is 1. The zero-order valence-electron chi connectivity index (χ0n) is 18.7. The summed E-state index contributed by atoms with van der Waals surface area (Å²) in [6, 6.07) is 13.9. The molecule has 1 aromatic heterocycles. The highest BCUT2D eigenvalue weighted by atomic mass is 32.2. The molecule has 0 atom stereocenters. The number of ether oxygens (including phenoxy) is 1. The van der Waals surface area contributed by atoms with E-state index in [1.165, 1.54) is 43.2 Å². The van der Waals surface area contributed by atoms with Gasteiger partial charge in [0, 0.05) is 12.2 Å². The minimum absolute atomic E-state index is 0.103. The van der Waals surface area contributed by atoms with Crippen LogP contribution < -0.4 is 10.1 Å². The fraction of sp³-hybridized carbons (Fsp3) is 0.375. The van der Waals surface area contributed by atoms with Crippen LogP contribution >= 0.6 is 11.8 Å². The standard InChI is InChI=1S/C24H28FN5O2S/c1-32-21-7-5-6-18(14-21)15-26-23(31)17-33-24-28-27-22(16-29-12-3-2-4-13-29)30(24)20-10-8-19(25)9-11-20/h5-11,14H,2-4,12-13,15-17H2,1H3,(H,26,31). The lowest BCUT2D eigenvalue weighted by atomic mass is 10.1. The van der Waals surface area contributed by atoms with Crippen molar-refractivity contribution in [1.82, 2.24) is 25.0 Å². The number of rotatable bonds is 9. The summed E-state index contributed by atoms with van der Waals surface area (Å²) < 4.78 is 20.7. The molecule has 1 N–H and O–H groups in total. The van der Waals surface area contributed by atoms with Crippen molar-refractivity contribution in [3.63, 3.8) is 0 Å². The van der Waals surface area contributed by atoms with Gasteiger partial charge < -0.3 is 10.1 Å². The predicted molar refractivity (Wildman–Crippen MR) is 126 cm³/mol. The van der Waals surface area contributed by atoms with E-state index in [1.807, 2.05) is 28.8 Å². The quantitative estimate of drug-likeness (QED) is 0.481. The summed E-state index contributed by atoms with van der Waals surface area (Å²) in [5, 5.41) is 12.3. The first kappa shape index (κ1) is 23.3. The van der Waals surface area contributed by atoms with Gasteiger partial charge in [0.25, 0.3) is 0 Å². The summed E-state index contributed by atoms with van der Waals surface area (Å²) in [6.45, 7) is 3.16. The van der Waals surface area contributed by atoms with Crippen molar-refractivity contribution in [3.8, 4) is 11.4 Å². The summed E-state index contributed by atoms with van der Waals surface area (Å²) in [7, 11) is 1.62. The molecule has 0 spiro atoms. The highest BCUT2D eigenvalue weighted by Crippen LogP contribution is 2.24. The summed E-state index contributed by atoms with van der Waals surface area (Å²) in [4.78, 5) is 14.8. The molecule has 2 heterocycles. The molecule has 0 radical (unpaired) electrons. The maximum atomic E-state index is 13.5. The maximum Gasteiger partial charge on any atom is 0.230 e. The lowest BCUT2D eigenvalue weighted by molar-refractivity contribution is -0.118. The van der Waals surface area contributed by atoms with Crippen LogP contribution in [0.1, 0.15) is 30.7 Å². The molecule has 0 saturated carbocycles. The first-order valence-electron chi connectivity index (χ1n) is 11.1. The predicted octanol–water partition coefficient (Wildman–Crippen LogP) is 3.81. The molecule has 1 fully saturated rings. The number of halogens is 1. The van der Waals surface area contributed by atoms with Crippen LogP contribution in [0.3, 0.4) is 0 Å². The third kappa shape index (κ3) is 6.33. The van der Waals surface area contributed by atoms with Crippen molar-refractivity contribution in [3.05, 3.63) is 65.7 Å². The zero-order valence-corrected chi connectivity index (χ0v) is 19.5. The van der Waals surface area contributed by atoms with E-state index in [1.54, 1.807) is 19.2 Å². The number of hydrogen-bond donors (Lipinski definition) is 1. The van der Waals surface area contributed by atoms with Crippen molar-refractivity contribution in [2.24, 2.45) is 0 Å². The molecule has 0 aliphatic carbocycles. The monoisotopic (exact) mass is 469 g/mol. The van der Waals surface area contributed by atoms with Gasteiger partial charge in [-0.15, -0.1) is 10.2 Å². The van der Waals surface area contributed by atoms with Gasteiger partial charge in [-0.1, -0.05) is 30.3 Å². The van der Waals surface area contributed by atoms with Crippen molar-refractivity contribution in [2.45, 2.75) is 37.5 Å². The number of nitrogens with one attached hydrogen (secondary N) is 1. The topological polar surface area (TPSA) is 72.3 Å². The van der Waals surface area contributed by atoms with E-state index in [0.29, 0.717) is 18.2 Å². The van der Waals surface area contributed by atoms with E-state index in [0.717, 1.165) is 35.9 Å². The zero-order chi connectivity index (χ0) is 23.0. The molecule has 1 aliphatic rings. The van der Waals surface area contributed by atoms with Crippen LogP contribution in [0.2, 0.25) is 0 Å². The highest BCUT2D eigenvalue weighted by molar-refractivity contribution is 7.99. The number of hydrogen-bond acceptors (Lipinski definition) is 6. The van der Waals surface area contributed by atoms with E-state index in [2.05, 4.69) is 20.4 Å². The van der Waals surface area contributed by atoms with Crippen molar-refractivity contribution in [2.75, 3.05) is 26.0 Å². The molecular weight excluding hydrogens is 441 g/mol. The Labute approximate surface area is 197 Å². The summed E-state index contributed by atoms with van der Waals surface area (Å²) >= 11 is 1.32. The molecule has 4 rings (SSSR count). The molecule has 1 amide bonds. The number of piperidine rings is 1. The van der Waals surface area contributed by atoms with Gasteiger partial charge in [0.2, 0.25) is 5.91 Å². The number of aromatic nitrogens is 3. The third-order valence-corrected chi connectivity index (χ3v) is 6.48. The Kier molecular flexibility index (Phi) is 7.96. The van der Waals surface area contributed by atoms with Gasteiger partial charge in [0.1, 0.15) is 11.6 Å². The molecule has 174 valence electrons. The van der Waals surface area contributed by atoms with Gasteiger partial charge in [0.15, 0.2) is 11.0 Å². The smallest absolute Gasteiger partial charge is 0.230 e. The second-order valence-corrected chi connectivity index (χ2v) is 8.91. The van der Waals surface area contributed by atoms with Crippen LogP contribution in [0, 0.1) is 5.82 Å². The highest BCUT2D eigenvalue weighted by Gasteiger charge is 2.19. The Morgan fingerprint density at radius 2 is 1.91 bits per heavy atom. The van der Waals surface area contributed by atoms with Crippen molar-refractivity contribution < 1.29 is 13.9 Å². The Morgan fingerprint density at radius 1 is 1.12 bits per heavy atom. The number of nitrogens with zero attached hydrogens (tertiary/aromatic N) is 4. The van der Waals surface area contributed by atoms with Crippen LogP contribution in [-0.2, 0) is 17.9 Å². The molecular formula is C24H28FN5O2S. The third-order valence-electron chi connectivity index (χ3n) is 5.56. The molecule has 1 saturated heterocycles. The van der Waals surface area contributed by atoms with Crippen LogP contribution in [0.25, 0.3) is 5.69 Å². The van der Waals surface area contributed by atoms with Gasteiger partial charge in [-0.3, -0.25) is 14.3 Å². The van der Waals surface area contributed by atoms with E-state index >= 15 is 0 Å². The van der Waals surface area contributed by atoms with Crippen molar-refractivity contribution >= 4 is 17.7 Å². The van der Waals surface area contributed by atoms with E-state index in [-0.39, 0.29) is 17.5 Å². The van der Waals surface area contributed by atoms with Gasteiger partial charge in [0.05, 0.1) is 19.4 Å². The number of carbonyl (C=O) groups excluding carboxylic acids is 1. The normalized spacial score (nSPS) is 14.2. The van der Waals surface area contributed by atoms with Crippen LogP contribution in [-0.4, -0.2) is 51.5 Å². The van der Waals surface area contributed by atoms with E-state index < -0.39 is 0 Å². The summed E-state index contributed by atoms with van der Waals surface area (Å²) in [5.74, 6) is 1.35. The molecule has 33 heavy (non-hydrogen) atoms. The number of thioether (sulfide) groups is 1. The molecule has 9 heteroatoms. The summed E-state index contributed by atoms with van der Waals surface area (Å²) in [5.41, 5.74) is 1.75. The Bertz CT molecular complexity index is 1070. The van der Waals surface area contributed by atoms with Gasteiger partial charge in [-0.2, -0.15) is 0 Å². The maximum absolute atomic E-state index is 13.5. The van der Waals surface area contributed by atoms with E-state index in [9.17, 15) is 9.18 Å². The van der Waals surface area contributed by atoms with Gasteiger partial charge in [-0.05, 0) is 67.9 Å². The Hall–Kier alpha value is -2.91. The average molecular weight is 470 g/mol. The van der Waals surface area contributed by atoms with Crippen LogP contribution in [0.5, 0.6) is 5.75 Å². The lowest BCUT2D eigenvalue weighted by Gasteiger charge is -2.26. The fourth-order valence-corrected chi connectivity index (χ4v) is 4.63. The van der Waals surface area contributed by atoms with Crippen molar-refractivity contribution in [1.29, 1.82) is 0 Å². The van der Waals surface area contributed by atoms with Crippen LogP contribution in [0.15, 0.2) is 53.7 Å². The summed E-state index contributed by atoms with van der Waals surface area (Å²) in [6.07, 6.45) is 3.62. The second-order valence-electron chi connectivity index (χ2n) is 7.96. The molecule has 0 bridgehead atoms. The number of methoxy groups -OCH3 is 1. The number of likely N-dealkylation sites (tertiary alicyclic amines) is 1. The minimum atomic E-state index is -0.296. The van der Waals surface area contributed by atoms with Gasteiger partial charge >= 0.3 is 0 Å². The molecule has 2 aromatic carbocycles. The molecule has 7 nitrogen and oxygen atoms in total. The Balaban J connectivity index is 1.43. The lowest BCUT2D eigenvalue weighted by Crippen LogP contribution is -2.30. The number of amides is 1. The Morgan fingerprint density at radius 3 is 2.67 bits per heavy atom. The fourth-order valence-electron chi connectivity index (χ4n) is 3.83. The first-order chi connectivity index (χ1) is 16.1. The largest absolute Gasteiger partial charge is 0.497 e. The number of benzene rings is 2.